The van der Waals surface area contributed by atoms with Crippen LogP contribution in [-0.2, 0) is 11.3 Å². The highest BCUT2D eigenvalue weighted by molar-refractivity contribution is 5.85. The number of hydrogen-bond donors (Lipinski definition) is 1. The third-order valence-electron chi connectivity index (χ3n) is 3.62. The van der Waals surface area contributed by atoms with Crippen molar-refractivity contribution in [2.75, 3.05) is 20.1 Å². The van der Waals surface area contributed by atoms with Gasteiger partial charge in [0.1, 0.15) is 6.54 Å². The van der Waals surface area contributed by atoms with E-state index in [1.165, 1.54) is 0 Å². The summed E-state index contributed by atoms with van der Waals surface area (Å²) in [6, 6.07) is 2.38. The lowest BCUT2D eigenvalue weighted by Gasteiger charge is -2.24. The number of pyridine rings is 1. The molecule has 0 spiro atoms. The zero-order valence-electron chi connectivity index (χ0n) is 12.2. The second kappa shape index (κ2) is 7.90. The van der Waals surface area contributed by atoms with Crippen molar-refractivity contribution < 1.29 is 9.72 Å². The van der Waals surface area contributed by atoms with Crippen molar-refractivity contribution in [3.8, 4) is 0 Å². The Morgan fingerprint density at radius 1 is 1.50 bits per heavy atom. The second-order valence-corrected chi connectivity index (χ2v) is 5.05. The van der Waals surface area contributed by atoms with Gasteiger partial charge in [-0.2, -0.15) is 0 Å². The summed E-state index contributed by atoms with van der Waals surface area (Å²) in [7, 11) is 1.83. The van der Waals surface area contributed by atoms with Gasteiger partial charge in [-0.1, -0.05) is 0 Å². The molecule has 1 N–H and O–H groups in total. The number of rotatable bonds is 5. The maximum absolute atomic E-state index is 12.3. The molecule has 9 heteroatoms. The molecule has 22 heavy (non-hydrogen) atoms. The molecule has 1 aromatic rings. The molecule has 1 unspecified atom stereocenters. The predicted octanol–water partition coefficient (Wildman–Crippen LogP) is 0.389. The van der Waals surface area contributed by atoms with Gasteiger partial charge in [0.2, 0.25) is 5.91 Å². The van der Waals surface area contributed by atoms with Crippen LogP contribution in [0.2, 0.25) is 0 Å². The van der Waals surface area contributed by atoms with Crippen LogP contribution in [0.5, 0.6) is 0 Å². The van der Waals surface area contributed by atoms with E-state index in [1.807, 2.05) is 7.05 Å². The first-order valence-electron chi connectivity index (χ1n) is 6.82. The van der Waals surface area contributed by atoms with Crippen LogP contribution in [0.15, 0.2) is 23.1 Å². The number of aromatic nitrogens is 1. The van der Waals surface area contributed by atoms with Gasteiger partial charge >= 0.3 is 0 Å². The van der Waals surface area contributed by atoms with E-state index in [2.05, 4.69) is 5.32 Å². The molecule has 1 amide bonds. The van der Waals surface area contributed by atoms with Gasteiger partial charge in [-0.05, 0) is 19.9 Å². The maximum atomic E-state index is 12.3. The number of nitrogens with zero attached hydrogens (tertiary/aromatic N) is 3. The van der Waals surface area contributed by atoms with E-state index in [-0.39, 0.29) is 36.6 Å². The molecule has 1 aliphatic heterocycles. The monoisotopic (exact) mass is 330 g/mol. The van der Waals surface area contributed by atoms with Crippen LogP contribution in [0.3, 0.4) is 0 Å². The fraction of sp³-hybridized carbons (Fsp3) is 0.538. The fourth-order valence-corrected chi connectivity index (χ4v) is 2.60. The van der Waals surface area contributed by atoms with Gasteiger partial charge in [-0.15, -0.1) is 12.4 Å². The third-order valence-corrected chi connectivity index (χ3v) is 3.62. The molecule has 0 aliphatic carbocycles. The Bertz CT molecular complexity index is 604. The molecule has 1 atom stereocenters. The summed E-state index contributed by atoms with van der Waals surface area (Å²) in [6.07, 6.45) is 2.97. The second-order valence-electron chi connectivity index (χ2n) is 5.05. The van der Waals surface area contributed by atoms with Gasteiger partial charge in [0.05, 0.1) is 11.1 Å². The zero-order chi connectivity index (χ0) is 15.4. The molecule has 1 fully saturated rings. The van der Waals surface area contributed by atoms with E-state index in [1.54, 1.807) is 4.90 Å². The molecule has 0 aromatic carbocycles. The summed E-state index contributed by atoms with van der Waals surface area (Å²) in [5.74, 6) is -0.185. The highest BCUT2D eigenvalue weighted by Gasteiger charge is 2.28. The van der Waals surface area contributed by atoms with Crippen LogP contribution in [0.1, 0.15) is 12.8 Å². The smallest absolute Gasteiger partial charge is 0.285 e. The number of hydrogen-bond acceptors (Lipinski definition) is 5. The van der Waals surface area contributed by atoms with Gasteiger partial charge < -0.3 is 10.2 Å². The minimum Gasteiger partial charge on any atom is -0.337 e. The van der Waals surface area contributed by atoms with Gasteiger partial charge in [-0.25, -0.2) is 0 Å². The van der Waals surface area contributed by atoms with Crippen LogP contribution >= 0.6 is 12.4 Å². The molecule has 1 aromatic heterocycles. The van der Waals surface area contributed by atoms with Gasteiger partial charge in [0, 0.05) is 31.3 Å². The minimum absolute atomic E-state index is 0. The normalized spacial score (nSPS) is 17.1. The molecule has 2 rings (SSSR count). The number of likely N-dealkylation sites (N-methyl/N-ethyl adjacent to an activating group) is 1. The summed E-state index contributed by atoms with van der Waals surface area (Å²) in [5.41, 5.74) is -0.617. The topological polar surface area (TPSA) is 97.5 Å². The lowest BCUT2D eigenvalue weighted by atomic mass is 10.2. The number of nitro groups is 1. The maximum Gasteiger partial charge on any atom is 0.285 e. The van der Waals surface area contributed by atoms with Crippen molar-refractivity contribution in [3.63, 3.8) is 0 Å². The summed E-state index contributed by atoms with van der Waals surface area (Å²) in [5, 5.41) is 13.8. The summed E-state index contributed by atoms with van der Waals surface area (Å²) >= 11 is 0. The SMILES string of the molecule is CNCC1CCCN1C(=O)Cn1cc([N+](=O)[O-])ccc1=O.Cl. The molecule has 0 bridgehead atoms. The number of carbonyl (C=O) groups excluding carboxylic acids is 1. The highest BCUT2D eigenvalue weighted by Crippen LogP contribution is 2.17. The molecule has 1 aliphatic rings. The van der Waals surface area contributed by atoms with E-state index in [0.29, 0.717) is 13.1 Å². The van der Waals surface area contributed by atoms with Gasteiger partial charge in [0.15, 0.2) is 0 Å². The van der Waals surface area contributed by atoms with Crippen LogP contribution in [-0.4, -0.2) is 46.5 Å². The molecule has 122 valence electrons. The Morgan fingerprint density at radius 3 is 2.86 bits per heavy atom. The van der Waals surface area contributed by atoms with Crippen LogP contribution in [0, 0.1) is 10.1 Å². The Hall–Kier alpha value is -1.93. The molecular weight excluding hydrogens is 312 g/mol. The van der Waals surface area contributed by atoms with Crippen LogP contribution in [0.4, 0.5) is 5.69 Å². The summed E-state index contributed by atoms with van der Waals surface area (Å²) in [6.45, 7) is 1.20. The van der Waals surface area contributed by atoms with Crippen molar-refractivity contribution in [2.24, 2.45) is 0 Å². The van der Waals surface area contributed by atoms with E-state index < -0.39 is 10.5 Å². The standard InChI is InChI=1S/C13H18N4O4.ClH/c1-14-7-10-3-2-6-16(10)13(19)9-15-8-11(17(20)21)4-5-12(15)18;/h4-5,8,10,14H,2-3,6-7,9H2,1H3;1H. The zero-order valence-corrected chi connectivity index (χ0v) is 13.0. The van der Waals surface area contributed by atoms with Crippen molar-refractivity contribution in [3.05, 3.63) is 38.8 Å². The van der Waals surface area contributed by atoms with Crippen molar-refractivity contribution >= 4 is 24.0 Å². The predicted molar refractivity (Wildman–Crippen MR) is 83.3 cm³/mol. The van der Waals surface area contributed by atoms with E-state index in [4.69, 9.17) is 0 Å². The van der Waals surface area contributed by atoms with E-state index in [9.17, 15) is 19.7 Å². The molecule has 8 nitrogen and oxygen atoms in total. The first-order chi connectivity index (χ1) is 10.0. The number of likely N-dealkylation sites (tertiary alicyclic amines) is 1. The molecule has 1 saturated heterocycles. The number of amides is 1. The van der Waals surface area contributed by atoms with E-state index in [0.717, 1.165) is 35.7 Å². The lowest BCUT2D eigenvalue weighted by molar-refractivity contribution is -0.385. The quantitative estimate of drug-likeness (QED) is 0.622. The summed E-state index contributed by atoms with van der Waals surface area (Å²) < 4.78 is 1.09. The van der Waals surface area contributed by atoms with Crippen LogP contribution in [0.25, 0.3) is 0 Å². The first kappa shape index (κ1) is 18.1. The van der Waals surface area contributed by atoms with Gasteiger partial charge in [-0.3, -0.25) is 24.3 Å². The molecular formula is C13H19ClN4O4. The average molecular weight is 331 g/mol. The number of halogens is 1. The Kier molecular flexibility index (Phi) is 6.51. The van der Waals surface area contributed by atoms with Crippen molar-refractivity contribution in [1.82, 2.24) is 14.8 Å². The first-order valence-corrected chi connectivity index (χ1v) is 6.82. The Morgan fingerprint density at radius 2 is 2.23 bits per heavy atom. The highest BCUT2D eigenvalue weighted by atomic mass is 35.5. The van der Waals surface area contributed by atoms with E-state index >= 15 is 0 Å². The third kappa shape index (κ3) is 4.05. The average Bonchev–Trinajstić information content (AvgIpc) is 2.89. The molecule has 2 heterocycles. The number of nitrogens with one attached hydrogen (secondary N) is 1. The van der Waals surface area contributed by atoms with Crippen LogP contribution < -0.4 is 10.9 Å². The summed E-state index contributed by atoms with van der Waals surface area (Å²) in [4.78, 5) is 35.9. The van der Waals surface area contributed by atoms with Crippen molar-refractivity contribution in [1.29, 1.82) is 0 Å². The Labute approximate surface area is 133 Å². The number of carbonyl (C=O) groups is 1. The largest absolute Gasteiger partial charge is 0.337 e. The minimum atomic E-state index is -0.583. The Balaban J connectivity index is 0.00000242. The van der Waals surface area contributed by atoms with Crippen molar-refractivity contribution in [2.45, 2.75) is 25.4 Å². The lowest BCUT2D eigenvalue weighted by Crippen LogP contribution is -2.43. The molecule has 0 saturated carbocycles. The van der Waals surface area contributed by atoms with Gasteiger partial charge in [0.25, 0.3) is 11.2 Å². The molecule has 0 radical (unpaired) electrons. The fourth-order valence-electron chi connectivity index (χ4n) is 2.60.